The van der Waals surface area contributed by atoms with Gasteiger partial charge in [-0.25, -0.2) is 4.79 Å². The number of hydrogen-bond donors (Lipinski definition) is 1. The van der Waals surface area contributed by atoms with Crippen LogP contribution in [-0.4, -0.2) is 35.7 Å². The molecule has 1 N–H and O–H groups in total. The third-order valence-corrected chi connectivity index (χ3v) is 9.16. The van der Waals surface area contributed by atoms with Crippen LogP contribution in [0.5, 0.6) is 0 Å². The van der Waals surface area contributed by atoms with Crippen LogP contribution in [0.3, 0.4) is 0 Å². The number of ketones is 1. The van der Waals surface area contributed by atoms with Gasteiger partial charge >= 0.3 is 5.97 Å². The zero-order valence-corrected chi connectivity index (χ0v) is 21.5. The van der Waals surface area contributed by atoms with E-state index in [0.29, 0.717) is 17.8 Å². The molecule has 0 unspecified atom stereocenters. The number of fused-ring (bicyclic) bond motifs is 1. The molecule has 0 amide bonds. The van der Waals surface area contributed by atoms with E-state index in [9.17, 15) is 14.7 Å². The van der Waals surface area contributed by atoms with E-state index in [4.69, 9.17) is 9.47 Å². The Morgan fingerprint density at radius 2 is 1.94 bits per heavy atom. The number of ether oxygens (including phenoxy) is 2. The molecule has 1 aliphatic heterocycles. The predicted octanol–water partition coefficient (Wildman–Crippen LogP) is 5.68. The summed E-state index contributed by atoms with van der Waals surface area (Å²) in [6.07, 6.45) is 7.29. The summed E-state index contributed by atoms with van der Waals surface area (Å²) < 4.78 is 11.1. The Morgan fingerprint density at radius 3 is 2.48 bits per heavy atom. The molecule has 184 valence electrons. The molecule has 3 aliphatic rings. The van der Waals surface area contributed by atoms with Gasteiger partial charge in [0.05, 0.1) is 13.2 Å². The molecule has 0 spiro atoms. The highest BCUT2D eigenvalue weighted by Crippen LogP contribution is 2.64. The van der Waals surface area contributed by atoms with Crippen LogP contribution >= 0.6 is 0 Å². The van der Waals surface area contributed by atoms with E-state index in [1.807, 2.05) is 0 Å². The average molecular weight is 459 g/mol. The molecule has 2 fully saturated rings. The molecule has 33 heavy (non-hydrogen) atoms. The van der Waals surface area contributed by atoms with Gasteiger partial charge in [-0.1, -0.05) is 37.6 Å². The van der Waals surface area contributed by atoms with Gasteiger partial charge in [-0.2, -0.15) is 0 Å². The largest absolute Gasteiger partial charge is 0.471 e. The average Bonchev–Trinajstić information content (AvgIpc) is 2.97. The summed E-state index contributed by atoms with van der Waals surface area (Å²) in [5.74, 6) is -0.263. The monoisotopic (exact) mass is 458 g/mol. The van der Waals surface area contributed by atoms with Gasteiger partial charge in [0, 0.05) is 12.0 Å². The molecule has 0 aromatic heterocycles. The van der Waals surface area contributed by atoms with Crippen molar-refractivity contribution in [2.24, 2.45) is 22.7 Å². The van der Waals surface area contributed by atoms with Crippen molar-refractivity contribution in [1.82, 2.24) is 0 Å². The van der Waals surface area contributed by atoms with E-state index < -0.39 is 11.6 Å². The molecule has 0 saturated heterocycles. The number of hydrogen-bond acceptors (Lipinski definition) is 5. The maximum atomic E-state index is 13.3. The maximum absolute atomic E-state index is 13.3. The van der Waals surface area contributed by atoms with Crippen molar-refractivity contribution < 1.29 is 24.2 Å². The van der Waals surface area contributed by atoms with Crippen molar-refractivity contribution in [3.8, 4) is 0 Å². The van der Waals surface area contributed by atoms with Gasteiger partial charge in [0.2, 0.25) is 5.78 Å². The molecule has 0 aromatic rings. The normalized spacial score (nSPS) is 38.6. The predicted molar refractivity (Wildman–Crippen MR) is 129 cm³/mol. The van der Waals surface area contributed by atoms with Crippen LogP contribution in [-0.2, 0) is 19.1 Å². The van der Waals surface area contributed by atoms with Crippen LogP contribution in [0.25, 0.3) is 0 Å². The van der Waals surface area contributed by atoms with Crippen LogP contribution in [0.1, 0.15) is 86.5 Å². The number of methoxy groups -OCH3 is 1. The van der Waals surface area contributed by atoms with E-state index in [2.05, 4.69) is 40.3 Å². The molecule has 5 heteroatoms. The number of carbonyl (C=O) groups is 2. The lowest BCUT2D eigenvalue weighted by atomic mass is 9.44. The highest BCUT2D eigenvalue weighted by molar-refractivity contribution is 6.16. The van der Waals surface area contributed by atoms with Crippen molar-refractivity contribution >= 4 is 11.8 Å². The first-order valence-corrected chi connectivity index (χ1v) is 12.3. The SMILES string of the molecule is C=C1CC[C@H]2[C@](C)(CCC=C(C)C)[C@H](O)CC[C@]2(C)[C@@H]1C[C@@]1(C(=O)OC)OC(C)=C(C)C1=O. The second-order valence-corrected chi connectivity index (χ2v) is 11.3. The van der Waals surface area contributed by atoms with E-state index in [1.54, 1.807) is 13.8 Å². The highest BCUT2D eigenvalue weighted by atomic mass is 16.6. The van der Waals surface area contributed by atoms with Crippen LogP contribution in [0.2, 0.25) is 0 Å². The van der Waals surface area contributed by atoms with Crippen molar-refractivity contribution in [2.75, 3.05) is 7.11 Å². The number of Topliss-reactive ketones (excluding diaryl/α,β-unsaturated/α-hetero) is 1. The standard InChI is InChI=1S/C28H42O5/c1-17(2)10-9-14-27(7)22-12-11-18(3)21(26(22,6)15-13-23(27)29)16-28(25(31)32-8)24(30)19(4)20(5)33-28/h10,21-23,29H,3,9,11-16H2,1-2,4-8H3/t21-,22-,23-,26-,27+,28-/m1/s1. The van der Waals surface area contributed by atoms with Gasteiger partial charge in [-0.3, -0.25) is 4.79 Å². The summed E-state index contributed by atoms with van der Waals surface area (Å²) in [5, 5.41) is 11.2. The minimum atomic E-state index is -1.64. The Bertz CT molecular complexity index is 894. The van der Waals surface area contributed by atoms with Crippen LogP contribution < -0.4 is 0 Å². The lowest BCUT2D eigenvalue weighted by Gasteiger charge is -2.61. The number of aliphatic hydroxyl groups is 1. The lowest BCUT2D eigenvalue weighted by molar-refractivity contribution is -0.174. The topological polar surface area (TPSA) is 72.8 Å². The smallest absolute Gasteiger partial charge is 0.358 e. The molecule has 0 aromatic carbocycles. The Morgan fingerprint density at radius 1 is 1.27 bits per heavy atom. The van der Waals surface area contributed by atoms with Gasteiger partial charge in [0.15, 0.2) is 0 Å². The fourth-order valence-corrected chi connectivity index (χ4v) is 7.03. The number of allylic oxidation sites excluding steroid dienone is 4. The van der Waals surface area contributed by atoms with Crippen molar-refractivity contribution in [1.29, 1.82) is 0 Å². The summed E-state index contributed by atoms with van der Waals surface area (Å²) >= 11 is 0. The van der Waals surface area contributed by atoms with Crippen LogP contribution in [0.4, 0.5) is 0 Å². The second-order valence-electron chi connectivity index (χ2n) is 11.3. The summed E-state index contributed by atoms with van der Waals surface area (Å²) in [7, 11) is 1.31. The zero-order valence-electron chi connectivity index (χ0n) is 21.5. The first kappa shape index (κ1) is 25.7. The first-order chi connectivity index (χ1) is 15.3. The van der Waals surface area contributed by atoms with E-state index in [1.165, 1.54) is 12.7 Å². The highest BCUT2D eigenvalue weighted by Gasteiger charge is 2.62. The minimum Gasteiger partial charge on any atom is -0.471 e. The summed E-state index contributed by atoms with van der Waals surface area (Å²) in [5.41, 5.74) is 0.768. The molecule has 0 radical (unpaired) electrons. The van der Waals surface area contributed by atoms with Gasteiger partial charge < -0.3 is 14.6 Å². The van der Waals surface area contributed by atoms with Gasteiger partial charge in [0.25, 0.3) is 5.60 Å². The quantitative estimate of drug-likeness (QED) is 0.315. The Labute approximate surface area is 199 Å². The second kappa shape index (κ2) is 9.05. The molecular weight excluding hydrogens is 416 g/mol. The summed E-state index contributed by atoms with van der Waals surface area (Å²) in [4.78, 5) is 26.3. The van der Waals surface area contributed by atoms with Crippen molar-refractivity contribution in [3.63, 3.8) is 0 Å². The molecular formula is C28H42O5. The Hall–Kier alpha value is -1.88. The zero-order chi connectivity index (χ0) is 24.8. The molecule has 2 saturated carbocycles. The van der Waals surface area contributed by atoms with Gasteiger partial charge in [-0.05, 0) is 88.9 Å². The van der Waals surface area contributed by atoms with Crippen LogP contribution in [0.15, 0.2) is 35.1 Å². The lowest BCUT2D eigenvalue weighted by Crippen LogP contribution is -2.58. The Kier molecular flexibility index (Phi) is 7.06. The van der Waals surface area contributed by atoms with E-state index >= 15 is 0 Å². The molecule has 3 rings (SSSR count). The fraction of sp³-hybridized carbons (Fsp3) is 0.714. The number of rotatable bonds is 6. The minimum absolute atomic E-state index is 0.0757. The molecule has 0 bridgehead atoms. The molecule has 2 aliphatic carbocycles. The van der Waals surface area contributed by atoms with Crippen molar-refractivity contribution in [3.05, 3.63) is 35.1 Å². The first-order valence-electron chi connectivity index (χ1n) is 12.3. The molecule has 6 atom stereocenters. The fourth-order valence-electron chi connectivity index (χ4n) is 7.03. The number of carbonyl (C=O) groups excluding carboxylic acids is 2. The van der Waals surface area contributed by atoms with Gasteiger partial charge in [0.1, 0.15) is 5.76 Å². The van der Waals surface area contributed by atoms with E-state index in [-0.39, 0.29) is 41.0 Å². The third-order valence-electron chi connectivity index (χ3n) is 9.16. The number of aliphatic hydroxyl groups excluding tert-OH is 1. The van der Waals surface area contributed by atoms with E-state index in [0.717, 1.165) is 37.7 Å². The maximum Gasteiger partial charge on any atom is 0.358 e. The van der Waals surface area contributed by atoms with Crippen LogP contribution in [0, 0.1) is 22.7 Å². The third kappa shape index (κ3) is 4.11. The number of esters is 1. The summed E-state index contributed by atoms with van der Waals surface area (Å²) in [6, 6.07) is 0. The molecule has 1 heterocycles. The Balaban J connectivity index is 1.99. The summed E-state index contributed by atoms with van der Waals surface area (Å²) in [6.45, 7) is 16.6. The van der Waals surface area contributed by atoms with Crippen molar-refractivity contribution in [2.45, 2.75) is 98.2 Å². The molecule has 5 nitrogen and oxygen atoms in total. The van der Waals surface area contributed by atoms with Gasteiger partial charge in [-0.15, -0.1) is 0 Å².